The number of hydrogen-bond donors (Lipinski definition) is 1. The molecule has 10 heavy (non-hydrogen) atoms. The first-order valence-electron chi connectivity index (χ1n) is 3.48. The van der Waals surface area contributed by atoms with Crippen molar-refractivity contribution in [2.75, 3.05) is 0 Å². The van der Waals surface area contributed by atoms with E-state index in [4.69, 9.17) is 5.84 Å². The van der Waals surface area contributed by atoms with Gasteiger partial charge in [0.15, 0.2) is 0 Å². The van der Waals surface area contributed by atoms with Crippen molar-refractivity contribution < 1.29 is 0 Å². The summed E-state index contributed by atoms with van der Waals surface area (Å²) in [4.78, 5) is 4.22. The van der Waals surface area contributed by atoms with Crippen LogP contribution in [0, 0.1) is 0 Å². The lowest BCUT2D eigenvalue weighted by Gasteiger charge is -2.24. The van der Waals surface area contributed by atoms with E-state index in [2.05, 4.69) is 11.9 Å². The molecule has 0 aliphatic carbocycles. The van der Waals surface area contributed by atoms with Crippen LogP contribution in [0.3, 0.4) is 0 Å². The monoisotopic (exact) mass is 139 g/mol. The minimum atomic E-state index is 0.142. The molecule has 0 bridgehead atoms. The van der Waals surface area contributed by atoms with Gasteiger partial charge >= 0.3 is 0 Å². The largest absolute Gasteiger partial charge is 0.294 e. The molecule has 0 saturated carbocycles. The van der Waals surface area contributed by atoms with E-state index in [-0.39, 0.29) is 6.17 Å². The quantitative estimate of drug-likeness (QED) is 0.548. The van der Waals surface area contributed by atoms with Gasteiger partial charge in [0.25, 0.3) is 0 Å². The highest BCUT2D eigenvalue weighted by Gasteiger charge is 2.10. The summed E-state index contributed by atoms with van der Waals surface area (Å²) in [7, 11) is 0. The average molecular weight is 139 g/mol. The second kappa shape index (κ2) is 2.84. The summed E-state index contributed by atoms with van der Waals surface area (Å²) < 4.78 is 0. The van der Waals surface area contributed by atoms with E-state index in [1.54, 1.807) is 5.01 Å². The van der Waals surface area contributed by atoms with Crippen LogP contribution in [0.2, 0.25) is 0 Å². The van der Waals surface area contributed by atoms with Crippen LogP contribution in [-0.4, -0.2) is 17.4 Å². The Morgan fingerprint density at radius 2 is 2.50 bits per heavy atom. The van der Waals surface area contributed by atoms with E-state index in [1.165, 1.54) is 0 Å². The molecule has 0 spiro atoms. The summed E-state index contributed by atoms with van der Waals surface area (Å²) >= 11 is 0. The first kappa shape index (κ1) is 7.28. The average Bonchev–Trinajstić information content (AvgIpc) is 1.88. The van der Waals surface area contributed by atoms with Crippen molar-refractivity contribution in [2.24, 2.45) is 10.8 Å². The normalized spacial score (nSPS) is 24.9. The standard InChI is InChI=1S/C7H13N3/c1-3-7-9-4-6(2)5-10(7)8/h4-5,7H,3,8H2,1-2H3. The predicted molar refractivity (Wildman–Crippen MR) is 42.4 cm³/mol. The Balaban J connectivity index is 2.64. The molecule has 0 aromatic heterocycles. The predicted octanol–water partition coefficient (Wildman–Crippen LogP) is 0.886. The van der Waals surface area contributed by atoms with Gasteiger partial charge in [-0.05, 0) is 18.9 Å². The van der Waals surface area contributed by atoms with Crippen LogP contribution in [0.25, 0.3) is 0 Å². The van der Waals surface area contributed by atoms with E-state index in [1.807, 2.05) is 19.3 Å². The lowest BCUT2D eigenvalue weighted by Crippen LogP contribution is -2.37. The van der Waals surface area contributed by atoms with Gasteiger partial charge in [0, 0.05) is 12.4 Å². The van der Waals surface area contributed by atoms with E-state index < -0.39 is 0 Å². The Labute approximate surface area is 61.2 Å². The maximum atomic E-state index is 5.62. The third-order valence-electron chi connectivity index (χ3n) is 1.51. The Morgan fingerprint density at radius 3 is 3.00 bits per heavy atom. The summed E-state index contributed by atoms with van der Waals surface area (Å²) in [5.74, 6) is 5.62. The third kappa shape index (κ3) is 1.36. The summed E-state index contributed by atoms with van der Waals surface area (Å²) in [6, 6.07) is 0. The zero-order valence-corrected chi connectivity index (χ0v) is 6.41. The van der Waals surface area contributed by atoms with Gasteiger partial charge in [-0.2, -0.15) is 0 Å². The molecule has 3 nitrogen and oxygen atoms in total. The Bertz CT molecular complexity index is 172. The van der Waals surface area contributed by atoms with Crippen LogP contribution in [0.15, 0.2) is 16.8 Å². The molecule has 0 aromatic rings. The number of allylic oxidation sites excluding steroid dienone is 1. The molecule has 56 valence electrons. The lowest BCUT2D eigenvalue weighted by atomic mass is 10.3. The van der Waals surface area contributed by atoms with Crippen molar-refractivity contribution in [3.8, 4) is 0 Å². The Morgan fingerprint density at radius 1 is 1.80 bits per heavy atom. The smallest absolute Gasteiger partial charge is 0.134 e. The van der Waals surface area contributed by atoms with Crippen LogP contribution < -0.4 is 5.84 Å². The molecule has 3 heteroatoms. The molecule has 0 amide bonds. The van der Waals surface area contributed by atoms with Crippen molar-refractivity contribution in [3.63, 3.8) is 0 Å². The molecular weight excluding hydrogens is 126 g/mol. The Kier molecular flexibility index (Phi) is 2.06. The van der Waals surface area contributed by atoms with Gasteiger partial charge in [0.05, 0.1) is 0 Å². The summed E-state index contributed by atoms with van der Waals surface area (Å²) in [5.41, 5.74) is 1.10. The first-order valence-corrected chi connectivity index (χ1v) is 3.48. The number of nitrogens with zero attached hydrogens (tertiary/aromatic N) is 2. The Hall–Kier alpha value is -0.830. The van der Waals surface area contributed by atoms with Crippen molar-refractivity contribution in [1.82, 2.24) is 5.01 Å². The topological polar surface area (TPSA) is 41.6 Å². The minimum Gasteiger partial charge on any atom is -0.294 e. The molecule has 1 aliphatic rings. The van der Waals surface area contributed by atoms with Crippen LogP contribution in [0.4, 0.5) is 0 Å². The molecule has 1 heterocycles. The first-order chi connectivity index (χ1) is 4.74. The number of aliphatic imine (C=N–C) groups is 1. The molecule has 1 atom stereocenters. The number of nitrogens with two attached hydrogens (primary N) is 1. The number of hydrazine groups is 1. The zero-order chi connectivity index (χ0) is 7.56. The molecule has 1 aliphatic heterocycles. The molecule has 1 unspecified atom stereocenters. The fourth-order valence-electron chi connectivity index (χ4n) is 0.951. The van der Waals surface area contributed by atoms with E-state index in [9.17, 15) is 0 Å². The fraction of sp³-hybridized carbons (Fsp3) is 0.571. The number of rotatable bonds is 1. The molecule has 0 saturated heterocycles. The highest BCUT2D eigenvalue weighted by atomic mass is 15.4. The summed E-state index contributed by atoms with van der Waals surface area (Å²) in [6.45, 7) is 4.05. The second-order valence-corrected chi connectivity index (χ2v) is 2.49. The molecule has 1 rings (SSSR count). The van der Waals surface area contributed by atoms with Crippen molar-refractivity contribution in [3.05, 3.63) is 11.8 Å². The van der Waals surface area contributed by atoms with Gasteiger partial charge in [-0.3, -0.25) is 10.0 Å². The van der Waals surface area contributed by atoms with Crippen LogP contribution in [0.1, 0.15) is 20.3 Å². The van der Waals surface area contributed by atoms with Crippen molar-refractivity contribution in [2.45, 2.75) is 26.4 Å². The third-order valence-corrected chi connectivity index (χ3v) is 1.51. The second-order valence-electron chi connectivity index (χ2n) is 2.49. The van der Waals surface area contributed by atoms with Crippen molar-refractivity contribution >= 4 is 6.21 Å². The molecule has 0 fully saturated rings. The van der Waals surface area contributed by atoms with Gasteiger partial charge < -0.3 is 0 Å². The van der Waals surface area contributed by atoms with Gasteiger partial charge in [-0.25, -0.2) is 5.84 Å². The van der Waals surface area contributed by atoms with Gasteiger partial charge in [0.2, 0.25) is 0 Å². The SMILES string of the molecule is CCC1N=CC(C)=CN1N. The van der Waals surface area contributed by atoms with E-state index >= 15 is 0 Å². The number of hydrogen-bond acceptors (Lipinski definition) is 3. The zero-order valence-electron chi connectivity index (χ0n) is 6.41. The minimum absolute atomic E-state index is 0.142. The van der Waals surface area contributed by atoms with Crippen LogP contribution >= 0.6 is 0 Å². The van der Waals surface area contributed by atoms with Gasteiger partial charge in [-0.15, -0.1) is 0 Å². The van der Waals surface area contributed by atoms with E-state index in [0.29, 0.717) is 0 Å². The highest BCUT2D eigenvalue weighted by molar-refractivity contribution is 5.78. The fourth-order valence-corrected chi connectivity index (χ4v) is 0.951. The van der Waals surface area contributed by atoms with E-state index in [0.717, 1.165) is 12.0 Å². The summed E-state index contributed by atoms with van der Waals surface area (Å²) in [5, 5.41) is 1.65. The van der Waals surface area contributed by atoms with Crippen molar-refractivity contribution in [1.29, 1.82) is 0 Å². The lowest BCUT2D eigenvalue weighted by molar-refractivity contribution is 0.281. The van der Waals surface area contributed by atoms with Crippen LogP contribution in [0.5, 0.6) is 0 Å². The molecule has 2 N–H and O–H groups in total. The van der Waals surface area contributed by atoms with Crippen LogP contribution in [-0.2, 0) is 0 Å². The highest BCUT2D eigenvalue weighted by Crippen LogP contribution is 2.07. The van der Waals surface area contributed by atoms with Gasteiger partial charge in [-0.1, -0.05) is 6.92 Å². The molecule has 0 radical (unpaired) electrons. The summed E-state index contributed by atoms with van der Waals surface area (Å²) in [6.07, 6.45) is 4.86. The maximum Gasteiger partial charge on any atom is 0.134 e. The van der Waals surface area contributed by atoms with Gasteiger partial charge in [0.1, 0.15) is 6.17 Å². The molecule has 0 aromatic carbocycles. The molecular formula is C7H13N3. The maximum absolute atomic E-state index is 5.62.